The van der Waals surface area contributed by atoms with Crippen LogP contribution in [0.5, 0.6) is 0 Å². The van der Waals surface area contributed by atoms with E-state index in [-0.39, 0.29) is 11.9 Å². The molecule has 0 spiro atoms. The highest BCUT2D eigenvalue weighted by atomic mass is 16.1. The van der Waals surface area contributed by atoms with Crippen LogP contribution in [0.15, 0.2) is 42.9 Å². The fourth-order valence-electron chi connectivity index (χ4n) is 2.35. The Morgan fingerprint density at radius 2 is 2.00 bits per heavy atom. The molecule has 0 saturated heterocycles. The van der Waals surface area contributed by atoms with Gasteiger partial charge in [-0.2, -0.15) is 10.2 Å². The zero-order chi connectivity index (χ0) is 16.4. The van der Waals surface area contributed by atoms with Gasteiger partial charge in [-0.3, -0.25) is 4.79 Å². The molecule has 0 aromatic carbocycles. The van der Waals surface area contributed by atoms with Gasteiger partial charge in [0, 0.05) is 18.3 Å². The summed E-state index contributed by atoms with van der Waals surface area (Å²) in [5, 5.41) is 11.4. The number of pyridine rings is 1. The molecule has 3 aromatic rings. The number of rotatable bonds is 4. The van der Waals surface area contributed by atoms with Crippen molar-refractivity contribution in [3.63, 3.8) is 0 Å². The molecule has 1 N–H and O–H groups in total. The summed E-state index contributed by atoms with van der Waals surface area (Å²) >= 11 is 0. The van der Waals surface area contributed by atoms with Crippen molar-refractivity contribution < 1.29 is 4.79 Å². The van der Waals surface area contributed by atoms with Gasteiger partial charge in [0.25, 0.3) is 5.91 Å². The fraction of sp³-hybridized carbons (Fsp3) is 0.250. The second-order valence-corrected chi connectivity index (χ2v) is 5.45. The largest absolute Gasteiger partial charge is 0.307 e. The zero-order valence-corrected chi connectivity index (χ0v) is 13.3. The highest BCUT2D eigenvalue weighted by molar-refractivity contribution is 6.04. The van der Waals surface area contributed by atoms with E-state index in [0.29, 0.717) is 17.2 Å². The van der Waals surface area contributed by atoms with Crippen LogP contribution in [-0.2, 0) is 0 Å². The topological polar surface area (TPSA) is 77.6 Å². The van der Waals surface area contributed by atoms with Crippen LogP contribution in [0.3, 0.4) is 0 Å². The lowest BCUT2D eigenvalue weighted by Crippen LogP contribution is -2.17. The first-order valence-corrected chi connectivity index (χ1v) is 7.39. The second kappa shape index (κ2) is 6.04. The zero-order valence-electron chi connectivity index (χ0n) is 13.3. The van der Waals surface area contributed by atoms with Crippen molar-refractivity contribution in [2.75, 3.05) is 5.32 Å². The van der Waals surface area contributed by atoms with Gasteiger partial charge in [0.2, 0.25) is 0 Å². The number of carbonyl (C=O) groups is 1. The molecule has 0 saturated carbocycles. The van der Waals surface area contributed by atoms with Crippen LogP contribution in [-0.4, -0.2) is 30.5 Å². The van der Waals surface area contributed by atoms with Gasteiger partial charge < -0.3 is 5.32 Å². The number of anilines is 1. The van der Waals surface area contributed by atoms with E-state index in [1.165, 1.54) is 0 Å². The van der Waals surface area contributed by atoms with Gasteiger partial charge in [-0.15, -0.1) is 0 Å². The maximum Gasteiger partial charge on any atom is 0.260 e. The van der Waals surface area contributed by atoms with Crippen molar-refractivity contribution in [2.45, 2.75) is 26.8 Å². The van der Waals surface area contributed by atoms with Crippen LogP contribution in [0.25, 0.3) is 5.82 Å². The third-order valence-electron chi connectivity index (χ3n) is 3.52. The quantitative estimate of drug-likeness (QED) is 0.803. The Balaban J connectivity index is 1.86. The SMILES string of the molecule is Cc1c(C(=O)Nc2ccnn2C(C)C)cnn1-c1ccccn1. The number of aromatic nitrogens is 5. The van der Waals surface area contributed by atoms with E-state index < -0.39 is 0 Å². The summed E-state index contributed by atoms with van der Waals surface area (Å²) in [4.78, 5) is 16.8. The highest BCUT2D eigenvalue weighted by Crippen LogP contribution is 2.17. The van der Waals surface area contributed by atoms with Gasteiger partial charge in [-0.25, -0.2) is 14.3 Å². The molecule has 7 heteroatoms. The van der Waals surface area contributed by atoms with E-state index in [2.05, 4.69) is 20.5 Å². The maximum atomic E-state index is 12.5. The summed E-state index contributed by atoms with van der Waals surface area (Å²) in [7, 11) is 0. The van der Waals surface area contributed by atoms with Crippen molar-refractivity contribution in [1.29, 1.82) is 0 Å². The van der Waals surface area contributed by atoms with Crippen LogP contribution in [0.2, 0.25) is 0 Å². The van der Waals surface area contributed by atoms with Gasteiger partial charge in [-0.05, 0) is 32.9 Å². The summed E-state index contributed by atoms with van der Waals surface area (Å²) in [5.74, 6) is 1.12. The van der Waals surface area contributed by atoms with Crippen LogP contribution in [0.4, 0.5) is 5.82 Å². The van der Waals surface area contributed by atoms with E-state index >= 15 is 0 Å². The smallest absolute Gasteiger partial charge is 0.260 e. The lowest BCUT2D eigenvalue weighted by molar-refractivity contribution is 0.102. The Morgan fingerprint density at radius 1 is 1.17 bits per heavy atom. The third kappa shape index (κ3) is 2.85. The first-order valence-electron chi connectivity index (χ1n) is 7.39. The molecular weight excluding hydrogens is 292 g/mol. The maximum absolute atomic E-state index is 12.5. The Bertz CT molecular complexity index is 818. The average Bonchev–Trinajstić information content (AvgIpc) is 3.14. The minimum absolute atomic E-state index is 0.164. The molecule has 23 heavy (non-hydrogen) atoms. The normalized spacial score (nSPS) is 11.0. The number of hydrogen-bond acceptors (Lipinski definition) is 4. The summed E-state index contributed by atoms with van der Waals surface area (Å²) < 4.78 is 3.41. The summed E-state index contributed by atoms with van der Waals surface area (Å²) in [5.41, 5.74) is 1.24. The number of nitrogens with one attached hydrogen (secondary N) is 1. The van der Waals surface area contributed by atoms with Crippen LogP contribution < -0.4 is 5.32 Å². The van der Waals surface area contributed by atoms with E-state index in [1.807, 2.05) is 39.0 Å². The Hall–Kier alpha value is -2.96. The van der Waals surface area contributed by atoms with Crippen molar-refractivity contribution in [3.8, 4) is 5.82 Å². The molecule has 3 heterocycles. The third-order valence-corrected chi connectivity index (χ3v) is 3.52. The van der Waals surface area contributed by atoms with E-state index in [0.717, 1.165) is 5.69 Å². The number of nitrogens with zero attached hydrogens (tertiary/aromatic N) is 5. The number of amides is 1. The molecule has 0 atom stereocenters. The average molecular weight is 310 g/mol. The summed E-state index contributed by atoms with van der Waals surface area (Å²) in [6.45, 7) is 5.86. The molecule has 3 rings (SSSR count). The molecule has 118 valence electrons. The molecule has 3 aromatic heterocycles. The summed E-state index contributed by atoms with van der Waals surface area (Å²) in [6, 6.07) is 7.50. The number of hydrogen-bond donors (Lipinski definition) is 1. The first kappa shape index (κ1) is 15.0. The van der Waals surface area contributed by atoms with Gasteiger partial charge >= 0.3 is 0 Å². The fourth-order valence-corrected chi connectivity index (χ4v) is 2.35. The number of carbonyl (C=O) groups excluding carboxylic acids is 1. The molecule has 7 nitrogen and oxygen atoms in total. The monoisotopic (exact) mass is 310 g/mol. The molecule has 0 radical (unpaired) electrons. The predicted octanol–water partition coefficient (Wildman–Crippen LogP) is 2.61. The highest BCUT2D eigenvalue weighted by Gasteiger charge is 2.17. The molecule has 0 bridgehead atoms. The molecule has 0 aliphatic carbocycles. The van der Waals surface area contributed by atoms with Crippen LogP contribution >= 0.6 is 0 Å². The second-order valence-electron chi connectivity index (χ2n) is 5.45. The molecule has 0 unspecified atom stereocenters. The molecule has 1 amide bonds. The van der Waals surface area contributed by atoms with Crippen molar-refractivity contribution >= 4 is 11.7 Å². The lowest BCUT2D eigenvalue weighted by Gasteiger charge is -2.11. The molecule has 0 fully saturated rings. The van der Waals surface area contributed by atoms with E-state index in [9.17, 15) is 4.79 Å². The van der Waals surface area contributed by atoms with Crippen LogP contribution in [0.1, 0.15) is 35.9 Å². The Morgan fingerprint density at radius 3 is 2.70 bits per heavy atom. The molecular formula is C16H18N6O. The van der Waals surface area contributed by atoms with Crippen LogP contribution in [0, 0.1) is 6.92 Å². The first-order chi connectivity index (χ1) is 11.1. The van der Waals surface area contributed by atoms with Gasteiger partial charge in [0.15, 0.2) is 5.82 Å². The Kier molecular flexibility index (Phi) is 3.92. The lowest BCUT2D eigenvalue weighted by atomic mass is 10.2. The molecule has 0 aliphatic rings. The minimum Gasteiger partial charge on any atom is -0.307 e. The summed E-state index contributed by atoms with van der Waals surface area (Å²) in [6.07, 6.45) is 4.91. The van der Waals surface area contributed by atoms with Crippen molar-refractivity contribution in [1.82, 2.24) is 24.5 Å². The van der Waals surface area contributed by atoms with Crippen molar-refractivity contribution in [3.05, 3.63) is 54.1 Å². The van der Waals surface area contributed by atoms with Gasteiger partial charge in [-0.1, -0.05) is 6.07 Å². The minimum atomic E-state index is -0.216. The molecule has 0 aliphatic heterocycles. The van der Waals surface area contributed by atoms with E-state index in [4.69, 9.17) is 0 Å². The Labute approximate surface area is 134 Å². The predicted molar refractivity (Wildman–Crippen MR) is 86.7 cm³/mol. The standard InChI is InChI=1S/C16H18N6O/c1-11(2)21-15(7-9-18-21)20-16(23)13-10-19-22(12(13)3)14-6-4-5-8-17-14/h4-11H,1-3H3,(H,20,23). The van der Waals surface area contributed by atoms with Gasteiger partial charge in [0.05, 0.1) is 23.7 Å². The van der Waals surface area contributed by atoms with Gasteiger partial charge in [0.1, 0.15) is 5.82 Å². The van der Waals surface area contributed by atoms with Crippen molar-refractivity contribution in [2.24, 2.45) is 0 Å². The van der Waals surface area contributed by atoms with E-state index in [1.54, 1.807) is 34.0 Å².